The molecule has 0 aliphatic rings. The molecule has 0 spiro atoms. The number of aromatic nitrogens is 5. The van der Waals surface area contributed by atoms with Crippen LogP contribution in [0.5, 0.6) is 0 Å². The average molecular weight is 601 g/mol. The van der Waals surface area contributed by atoms with Gasteiger partial charge in [-0.1, -0.05) is 0 Å². The van der Waals surface area contributed by atoms with Gasteiger partial charge in [0.25, 0.3) is 5.69 Å². The molecule has 2 aromatic heterocycles. The Kier molecular flexibility index (Phi) is 8.35. The number of aryl methyl sites for hydroxylation is 1. The summed E-state index contributed by atoms with van der Waals surface area (Å²) >= 11 is 0.629. The fourth-order valence-electron chi connectivity index (χ4n) is 3.41. The number of nitrogens with two attached hydrogens (primary N) is 1. The van der Waals surface area contributed by atoms with Crippen molar-refractivity contribution in [2.24, 2.45) is 5.73 Å². The molecule has 0 atom stereocenters. The van der Waals surface area contributed by atoms with Crippen molar-refractivity contribution >= 4 is 23.4 Å². The molecule has 1 aromatic carbocycles. The van der Waals surface area contributed by atoms with Gasteiger partial charge >= 0.3 is 18.0 Å². The number of carbonyl (C=O) groups is 1. The normalized spacial score (nSPS) is 12.6. The highest BCUT2D eigenvalue weighted by Crippen LogP contribution is 2.52. The van der Waals surface area contributed by atoms with Crippen LogP contribution in [0, 0.1) is 22.9 Å². The van der Waals surface area contributed by atoms with E-state index in [-0.39, 0.29) is 47.5 Å². The monoisotopic (exact) mass is 601 g/mol. The zero-order chi connectivity index (χ0) is 30.2. The fraction of sp³-hybridized carbons (Fsp3) is 0.350. The Morgan fingerprint density at radius 3 is 2.38 bits per heavy atom. The minimum Gasteiger partial charge on any atom is -0.396 e. The van der Waals surface area contributed by atoms with Crippen molar-refractivity contribution in [2.75, 3.05) is 6.61 Å². The van der Waals surface area contributed by atoms with E-state index in [1.54, 1.807) is 0 Å². The van der Waals surface area contributed by atoms with Crippen LogP contribution in [-0.2, 0) is 12.5 Å². The van der Waals surface area contributed by atoms with Gasteiger partial charge in [-0.3, -0.25) is 19.9 Å². The number of pyridine rings is 1. The Bertz CT molecular complexity index is 1470. The number of hydrogen-bond acceptors (Lipinski definition) is 9. The van der Waals surface area contributed by atoms with E-state index in [4.69, 9.17) is 10.8 Å². The first-order chi connectivity index (χ1) is 18.5. The first-order valence-corrected chi connectivity index (χ1v) is 11.4. The summed E-state index contributed by atoms with van der Waals surface area (Å²) in [4.78, 5) is 25.9. The Balaban J connectivity index is 2.24. The quantitative estimate of drug-likeness (QED) is 0.199. The van der Waals surface area contributed by atoms with Crippen molar-refractivity contribution < 1.29 is 49.9 Å². The molecule has 1 amide bonds. The van der Waals surface area contributed by atoms with E-state index in [0.717, 1.165) is 6.92 Å². The number of hydrogen-bond donors (Lipinski definition) is 2. The maximum absolute atomic E-state index is 15.0. The molecule has 0 bridgehead atoms. The van der Waals surface area contributed by atoms with Gasteiger partial charge in [0.1, 0.15) is 11.5 Å². The van der Waals surface area contributed by atoms with Gasteiger partial charge in [0.05, 0.1) is 16.1 Å². The third-order valence-corrected chi connectivity index (χ3v) is 6.58. The summed E-state index contributed by atoms with van der Waals surface area (Å²) in [6.45, 7) is 0.970. The van der Waals surface area contributed by atoms with Crippen molar-refractivity contribution in [1.82, 2.24) is 25.2 Å². The highest BCUT2D eigenvalue weighted by atomic mass is 32.2. The largest absolute Gasteiger partial charge is 0.460 e. The van der Waals surface area contributed by atoms with Gasteiger partial charge in [-0.25, -0.2) is 9.07 Å². The van der Waals surface area contributed by atoms with Crippen LogP contribution in [0.4, 0.5) is 40.8 Å². The van der Waals surface area contributed by atoms with Gasteiger partial charge in [0.15, 0.2) is 0 Å². The van der Waals surface area contributed by atoms with E-state index in [1.165, 1.54) is 4.68 Å². The molecule has 0 unspecified atom stereocenters. The maximum Gasteiger partial charge on any atom is 0.460 e. The van der Waals surface area contributed by atoms with E-state index in [9.17, 15) is 45.6 Å². The molecule has 0 saturated carbocycles. The third-order valence-electron chi connectivity index (χ3n) is 5.37. The van der Waals surface area contributed by atoms with E-state index < -0.39 is 62.7 Å². The zero-order valence-corrected chi connectivity index (χ0v) is 20.5. The van der Waals surface area contributed by atoms with Crippen molar-refractivity contribution in [1.29, 1.82) is 0 Å². The number of nitrogens with zero attached hydrogens (tertiary/aromatic N) is 6. The lowest BCUT2D eigenvalue weighted by molar-refractivity contribution is -0.384. The summed E-state index contributed by atoms with van der Waals surface area (Å²) in [7, 11) is 0. The second kappa shape index (κ2) is 10.9. The number of nitro benzene ring substituents is 1. The van der Waals surface area contributed by atoms with Crippen LogP contribution in [0.25, 0.3) is 11.3 Å². The fourth-order valence-corrected chi connectivity index (χ4v) is 4.43. The Morgan fingerprint density at radius 1 is 1.20 bits per heavy atom. The van der Waals surface area contributed by atoms with E-state index >= 15 is 4.39 Å². The lowest BCUT2D eigenvalue weighted by Gasteiger charge is -2.28. The lowest BCUT2D eigenvalue weighted by Crippen LogP contribution is -2.50. The zero-order valence-electron chi connectivity index (χ0n) is 19.7. The van der Waals surface area contributed by atoms with Gasteiger partial charge in [0.2, 0.25) is 11.1 Å². The van der Waals surface area contributed by atoms with Gasteiger partial charge in [-0.15, -0.1) is 5.10 Å². The molecule has 0 radical (unpaired) electrons. The second-order valence-corrected chi connectivity index (χ2v) is 8.94. The molecular formula is C20H15F8N7O4S. The van der Waals surface area contributed by atoms with Crippen LogP contribution in [-0.4, -0.2) is 59.8 Å². The molecule has 3 rings (SSSR count). The van der Waals surface area contributed by atoms with Crippen LogP contribution in [0.1, 0.15) is 27.9 Å². The number of rotatable bonds is 10. The predicted octanol–water partition coefficient (Wildman–Crippen LogP) is 4.01. The molecule has 0 saturated heterocycles. The summed E-state index contributed by atoms with van der Waals surface area (Å²) in [5.41, 5.74) is -0.346. The summed E-state index contributed by atoms with van der Waals surface area (Å²) in [5, 5.41) is 31.7. The number of halogens is 8. The lowest BCUT2D eigenvalue weighted by atomic mass is 9.97. The molecule has 20 heteroatoms. The first-order valence-electron chi connectivity index (χ1n) is 10.6. The average Bonchev–Trinajstić information content (AvgIpc) is 3.29. The SMILES string of the molecule is Cc1c(Sc2nnnn2CCCO)c(C(N)=O)cc([N+](=O)[O-])c1-c1ncc(C(F)(F)C(F)(F)C(F)(F)F)cc1F. The smallest absolute Gasteiger partial charge is 0.396 e. The standard InChI is InChI=1S/C20H15F8N7O4S/c1-8-13(14-11(21)5-9(7-30-14)18(22,23)19(24,25)20(26,27)28)12(35(38)39)6-10(16(29)37)15(8)40-17-31-32-33-34(17)3-2-4-36/h5-7,36H,2-4H2,1H3,(H2,29,37). The van der Waals surface area contributed by atoms with Crippen molar-refractivity contribution in [3.05, 3.63) is 51.0 Å². The summed E-state index contributed by atoms with van der Waals surface area (Å²) in [5.74, 6) is -15.7. The molecular weight excluding hydrogens is 586 g/mol. The van der Waals surface area contributed by atoms with E-state index in [1.807, 2.05) is 0 Å². The van der Waals surface area contributed by atoms with E-state index in [0.29, 0.717) is 17.8 Å². The topological polar surface area (TPSA) is 163 Å². The molecule has 3 N–H and O–H groups in total. The van der Waals surface area contributed by atoms with Crippen LogP contribution < -0.4 is 5.73 Å². The molecule has 3 aromatic rings. The van der Waals surface area contributed by atoms with Crippen LogP contribution >= 0.6 is 11.8 Å². The highest BCUT2D eigenvalue weighted by Gasteiger charge is 2.73. The van der Waals surface area contributed by atoms with Crippen LogP contribution in [0.3, 0.4) is 0 Å². The number of tetrazole rings is 1. The van der Waals surface area contributed by atoms with Gasteiger partial charge < -0.3 is 10.8 Å². The van der Waals surface area contributed by atoms with Crippen molar-refractivity contribution in [3.63, 3.8) is 0 Å². The first kappa shape index (κ1) is 30.6. The van der Waals surface area contributed by atoms with E-state index in [2.05, 4.69) is 20.5 Å². The minimum absolute atomic E-state index is 0.0170. The minimum atomic E-state index is -6.70. The number of carbonyl (C=O) groups excluding carboxylic acids is 1. The number of amides is 1. The molecule has 40 heavy (non-hydrogen) atoms. The number of benzene rings is 1. The van der Waals surface area contributed by atoms with Gasteiger partial charge in [-0.2, -0.15) is 30.7 Å². The summed E-state index contributed by atoms with van der Waals surface area (Å²) in [6, 6.07) is 0.270. The van der Waals surface area contributed by atoms with Crippen LogP contribution in [0.15, 0.2) is 28.4 Å². The van der Waals surface area contributed by atoms with Crippen LogP contribution in [0.2, 0.25) is 0 Å². The maximum atomic E-state index is 15.0. The van der Waals surface area contributed by atoms with Gasteiger partial charge in [-0.05, 0) is 47.2 Å². The van der Waals surface area contributed by atoms with Gasteiger partial charge in [0, 0.05) is 35.9 Å². The Labute approximate surface area is 221 Å². The number of primary amides is 1. The third kappa shape index (κ3) is 5.40. The van der Waals surface area contributed by atoms with Crippen molar-refractivity contribution in [2.45, 2.75) is 48.0 Å². The summed E-state index contributed by atoms with van der Waals surface area (Å²) < 4.78 is 109. The molecule has 216 valence electrons. The number of alkyl halides is 7. The molecule has 0 aliphatic carbocycles. The number of aliphatic hydroxyl groups is 1. The highest BCUT2D eigenvalue weighted by molar-refractivity contribution is 7.99. The Hall–Kier alpha value is -3.94. The predicted molar refractivity (Wildman–Crippen MR) is 118 cm³/mol. The number of nitro groups is 1. The number of aliphatic hydroxyl groups excluding tert-OH is 1. The molecule has 0 fully saturated rings. The summed E-state index contributed by atoms with van der Waals surface area (Å²) in [6.07, 6.45) is -6.68. The Morgan fingerprint density at radius 2 is 1.85 bits per heavy atom. The van der Waals surface area contributed by atoms with Crippen molar-refractivity contribution in [3.8, 4) is 11.3 Å². The molecule has 11 nitrogen and oxygen atoms in total. The molecule has 0 aliphatic heterocycles. The second-order valence-electron chi connectivity index (χ2n) is 7.96. The molecule has 2 heterocycles.